The maximum absolute atomic E-state index is 6.14. The number of hydrogen-bond acceptors (Lipinski definition) is 7. The van der Waals surface area contributed by atoms with Gasteiger partial charge in [-0.05, 0) is 37.6 Å². The van der Waals surface area contributed by atoms with Crippen molar-refractivity contribution in [2.45, 2.75) is 25.6 Å². The summed E-state index contributed by atoms with van der Waals surface area (Å²) in [7, 11) is 0. The fraction of sp³-hybridized carbons (Fsp3) is 0.474. The average Bonchev–Trinajstić information content (AvgIpc) is 3.26. The fourth-order valence-electron chi connectivity index (χ4n) is 4.00. The molecule has 2 aliphatic heterocycles. The van der Waals surface area contributed by atoms with Crippen LogP contribution >= 0.6 is 0 Å². The van der Waals surface area contributed by atoms with Crippen molar-refractivity contribution in [3.05, 3.63) is 48.0 Å². The first-order chi connectivity index (χ1) is 13.2. The molecule has 3 aromatic rings. The van der Waals surface area contributed by atoms with E-state index in [-0.39, 0.29) is 5.60 Å². The van der Waals surface area contributed by atoms with E-state index in [9.17, 15) is 0 Å². The first-order valence-corrected chi connectivity index (χ1v) is 9.28. The Hall–Kier alpha value is -2.58. The number of nitrogens with zero attached hydrogens (tertiary/aromatic N) is 6. The Bertz CT molecular complexity index is 952. The van der Waals surface area contributed by atoms with Crippen LogP contribution in [0, 0.1) is 12.8 Å². The maximum atomic E-state index is 6.14. The molecule has 0 aliphatic carbocycles. The van der Waals surface area contributed by atoms with Crippen LogP contribution in [0.15, 0.2) is 36.7 Å². The zero-order chi connectivity index (χ0) is 18.3. The molecular weight excluding hydrogens is 344 g/mol. The third kappa shape index (κ3) is 3.04. The number of ether oxygens (including phenoxy) is 2. The van der Waals surface area contributed by atoms with Crippen molar-refractivity contribution in [1.82, 2.24) is 24.8 Å². The molecule has 8 nitrogen and oxygen atoms in total. The molecule has 0 saturated carbocycles. The van der Waals surface area contributed by atoms with E-state index in [1.807, 2.05) is 37.3 Å². The second-order valence-corrected chi connectivity index (χ2v) is 7.37. The maximum Gasteiger partial charge on any atom is 0.177 e. The summed E-state index contributed by atoms with van der Waals surface area (Å²) in [4.78, 5) is 6.73. The molecule has 2 saturated heterocycles. The van der Waals surface area contributed by atoms with E-state index >= 15 is 0 Å². The summed E-state index contributed by atoms with van der Waals surface area (Å²) in [6.07, 6.45) is 2.66. The number of anilines is 1. The number of aromatic nitrogens is 5. The van der Waals surface area contributed by atoms with Gasteiger partial charge in [-0.2, -0.15) is 4.52 Å². The smallest absolute Gasteiger partial charge is 0.177 e. The van der Waals surface area contributed by atoms with Crippen LogP contribution in [0.2, 0.25) is 0 Å². The van der Waals surface area contributed by atoms with E-state index in [1.54, 1.807) is 10.8 Å². The summed E-state index contributed by atoms with van der Waals surface area (Å²) >= 11 is 0. The van der Waals surface area contributed by atoms with Gasteiger partial charge in [0.1, 0.15) is 17.7 Å². The lowest BCUT2D eigenvalue weighted by Gasteiger charge is -2.50. The van der Waals surface area contributed by atoms with Crippen LogP contribution in [0.1, 0.15) is 17.8 Å². The molecular formula is C19H22N6O2. The Balaban J connectivity index is 1.20. The largest absolute Gasteiger partial charge is 0.375 e. The standard InChI is InChI=1S/C19H22N6O2/c1-14-3-2-4-16(21-14)10-26-9-15-7-8-27-19(15)11-24(12-19)18-6-5-17-22-20-13-25(17)23-18/h2-6,13,15H,7-12H2,1H3/t15-/m0/s1. The second kappa shape index (κ2) is 6.54. The van der Waals surface area contributed by atoms with Crippen molar-refractivity contribution in [3.8, 4) is 0 Å². The highest BCUT2D eigenvalue weighted by molar-refractivity contribution is 5.48. The molecule has 140 valence electrons. The normalized spacial score (nSPS) is 21.1. The topological polar surface area (TPSA) is 77.7 Å². The van der Waals surface area contributed by atoms with Crippen LogP contribution in [0.5, 0.6) is 0 Å². The zero-order valence-corrected chi connectivity index (χ0v) is 15.3. The minimum absolute atomic E-state index is 0.121. The SMILES string of the molecule is Cc1cccc(COC[C@@H]2CCOC23CN(c2ccc4nncn4n2)C3)n1. The zero-order valence-electron chi connectivity index (χ0n) is 15.3. The van der Waals surface area contributed by atoms with E-state index in [2.05, 4.69) is 25.2 Å². The Kier molecular flexibility index (Phi) is 4.02. The van der Waals surface area contributed by atoms with Gasteiger partial charge in [0.05, 0.1) is 32.0 Å². The minimum Gasteiger partial charge on any atom is -0.375 e. The van der Waals surface area contributed by atoms with E-state index in [4.69, 9.17) is 9.47 Å². The van der Waals surface area contributed by atoms with Crippen molar-refractivity contribution >= 4 is 11.5 Å². The molecule has 3 aromatic heterocycles. The Morgan fingerprint density at radius 3 is 3.07 bits per heavy atom. The van der Waals surface area contributed by atoms with Gasteiger partial charge in [0.25, 0.3) is 0 Å². The van der Waals surface area contributed by atoms with Crippen molar-refractivity contribution in [2.24, 2.45) is 5.92 Å². The lowest BCUT2D eigenvalue weighted by molar-refractivity contribution is -0.0657. The summed E-state index contributed by atoms with van der Waals surface area (Å²) in [5.74, 6) is 1.32. The highest BCUT2D eigenvalue weighted by Crippen LogP contribution is 2.41. The number of pyridine rings is 1. The van der Waals surface area contributed by atoms with Gasteiger partial charge in [0.15, 0.2) is 5.65 Å². The Labute approximate surface area is 157 Å². The summed E-state index contributed by atoms with van der Waals surface area (Å²) in [6, 6.07) is 9.94. The molecule has 0 unspecified atom stereocenters. The summed E-state index contributed by atoms with van der Waals surface area (Å²) in [5.41, 5.74) is 2.62. The molecule has 2 fully saturated rings. The highest BCUT2D eigenvalue weighted by Gasteiger charge is 2.53. The predicted octanol–water partition coefficient (Wildman–Crippen LogP) is 1.64. The van der Waals surface area contributed by atoms with Gasteiger partial charge >= 0.3 is 0 Å². The molecule has 0 bridgehead atoms. The van der Waals surface area contributed by atoms with Gasteiger partial charge in [-0.25, -0.2) is 0 Å². The van der Waals surface area contributed by atoms with E-state index in [0.29, 0.717) is 19.1 Å². The van der Waals surface area contributed by atoms with Crippen LogP contribution in [0.4, 0.5) is 5.82 Å². The van der Waals surface area contributed by atoms with E-state index < -0.39 is 0 Å². The first-order valence-electron chi connectivity index (χ1n) is 9.28. The lowest BCUT2D eigenvalue weighted by atomic mass is 9.81. The van der Waals surface area contributed by atoms with Gasteiger partial charge in [0.2, 0.25) is 0 Å². The van der Waals surface area contributed by atoms with Crippen molar-refractivity contribution in [3.63, 3.8) is 0 Å². The molecule has 1 atom stereocenters. The highest BCUT2D eigenvalue weighted by atomic mass is 16.5. The Morgan fingerprint density at radius 2 is 2.19 bits per heavy atom. The van der Waals surface area contributed by atoms with Crippen molar-refractivity contribution in [1.29, 1.82) is 0 Å². The van der Waals surface area contributed by atoms with Gasteiger partial charge in [-0.1, -0.05) is 6.07 Å². The first kappa shape index (κ1) is 16.6. The summed E-state index contributed by atoms with van der Waals surface area (Å²) in [5, 5.41) is 12.4. The van der Waals surface area contributed by atoms with Crippen molar-refractivity contribution in [2.75, 3.05) is 31.2 Å². The molecule has 5 rings (SSSR count). The molecule has 0 aromatic carbocycles. The van der Waals surface area contributed by atoms with Crippen LogP contribution in [-0.2, 0) is 16.1 Å². The van der Waals surface area contributed by atoms with Gasteiger partial charge in [-0.15, -0.1) is 15.3 Å². The minimum atomic E-state index is -0.121. The molecule has 5 heterocycles. The van der Waals surface area contributed by atoms with Gasteiger partial charge < -0.3 is 14.4 Å². The van der Waals surface area contributed by atoms with Crippen LogP contribution in [0.3, 0.4) is 0 Å². The molecule has 2 aliphatic rings. The predicted molar refractivity (Wildman–Crippen MR) is 98.4 cm³/mol. The monoisotopic (exact) mass is 366 g/mol. The lowest BCUT2D eigenvalue weighted by Crippen LogP contribution is -2.65. The molecule has 0 radical (unpaired) electrons. The van der Waals surface area contributed by atoms with Crippen LogP contribution in [0.25, 0.3) is 5.65 Å². The van der Waals surface area contributed by atoms with E-state index in [1.165, 1.54) is 0 Å². The summed E-state index contributed by atoms with van der Waals surface area (Å²) < 4.78 is 13.8. The van der Waals surface area contributed by atoms with E-state index in [0.717, 1.165) is 49.0 Å². The fourth-order valence-corrected chi connectivity index (χ4v) is 4.00. The molecule has 8 heteroatoms. The average molecular weight is 366 g/mol. The number of aryl methyl sites for hydroxylation is 1. The molecule has 0 N–H and O–H groups in total. The van der Waals surface area contributed by atoms with Crippen LogP contribution < -0.4 is 4.90 Å². The van der Waals surface area contributed by atoms with Crippen LogP contribution in [-0.4, -0.2) is 56.7 Å². The third-order valence-electron chi connectivity index (χ3n) is 5.50. The number of hydrogen-bond donors (Lipinski definition) is 0. The summed E-state index contributed by atoms with van der Waals surface area (Å²) in [6.45, 7) is 5.71. The molecule has 0 amide bonds. The molecule has 27 heavy (non-hydrogen) atoms. The van der Waals surface area contributed by atoms with Gasteiger partial charge in [0, 0.05) is 18.2 Å². The molecule has 1 spiro atoms. The van der Waals surface area contributed by atoms with Gasteiger partial charge in [-0.3, -0.25) is 4.98 Å². The second-order valence-electron chi connectivity index (χ2n) is 7.37. The number of rotatable bonds is 5. The quantitative estimate of drug-likeness (QED) is 0.679. The third-order valence-corrected chi connectivity index (χ3v) is 5.50. The Morgan fingerprint density at radius 1 is 1.26 bits per heavy atom. The number of fused-ring (bicyclic) bond motifs is 1. The van der Waals surface area contributed by atoms with Crippen molar-refractivity contribution < 1.29 is 9.47 Å².